The Morgan fingerprint density at radius 1 is 0.971 bits per heavy atom. The van der Waals surface area contributed by atoms with Crippen LogP contribution in [-0.4, -0.2) is 41.5 Å². The summed E-state index contributed by atoms with van der Waals surface area (Å²) in [5.74, 6) is -1.59. The van der Waals surface area contributed by atoms with Crippen LogP contribution < -0.4 is 16.2 Å². The van der Waals surface area contributed by atoms with Crippen LogP contribution in [-0.2, 0) is 17.6 Å². The number of benzene rings is 3. The quantitative estimate of drug-likeness (QED) is 0.388. The third-order valence-corrected chi connectivity index (χ3v) is 6.23. The summed E-state index contributed by atoms with van der Waals surface area (Å²) in [6, 6.07) is 19.9. The number of carbonyl (C=O) groups excluding carboxylic acids is 2. The Balaban J connectivity index is 1.46. The Kier molecular flexibility index (Phi) is 7.22. The standard InChI is InChI=1S/C26H25ClN4O4/c1-31(15-23(32)33)25(34)18-12-13-22(21(27)14-18)29-30-26(35)28-24-19-8-4-2-6-16(19)10-11-17-7-3-5-9-20(17)24/h2-9,12-14,24,29H,10-11,15H2,1H3,(H,32,33)(H2,28,30,35). The van der Waals surface area contributed by atoms with Gasteiger partial charge in [-0.25, -0.2) is 4.79 Å². The molecule has 1 aliphatic rings. The van der Waals surface area contributed by atoms with Gasteiger partial charge in [0.25, 0.3) is 5.91 Å². The lowest BCUT2D eigenvalue weighted by Gasteiger charge is -2.22. The predicted octanol–water partition coefficient (Wildman–Crippen LogP) is 4.01. The van der Waals surface area contributed by atoms with E-state index in [2.05, 4.69) is 28.3 Å². The zero-order valence-electron chi connectivity index (χ0n) is 19.0. The molecule has 0 aliphatic heterocycles. The fourth-order valence-corrected chi connectivity index (χ4v) is 4.44. The number of urea groups is 1. The minimum atomic E-state index is -1.11. The second-order valence-electron chi connectivity index (χ2n) is 8.30. The molecule has 3 aromatic carbocycles. The van der Waals surface area contributed by atoms with Gasteiger partial charge in [0.1, 0.15) is 6.54 Å². The van der Waals surface area contributed by atoms with Crippen LogP contribution in [0.25, 0.3) is 0 Å². The number of anilines is 1. The highest BCUT2D eigenvalue weighted by Crippen LogP contribution is 2.32. The summed E-state index contributed by atoms with van der Waals surface area (Å²) in [6.07, 6.45) is 1.79. The summed E-state index contributed by atoms with van der Waals surface area (Å²) >= 11 is 6.29. The topological polar surface area (TPSA) is 111 Å². The normalized spacial score (nSPS) is 12.5. The number of likely N-dealkylation sites (N-methyl/N-ethyl adjacent to an activating group) is 1. The van der Waals surface area contributed by atoms with Crippen LogP contribution in [0.15, 0.2) is 66.7 Å². The fourth-order valence-electron chi connectivity index (χ4n) is 4.22. The lowest BCUT2D eigenvalue weighted by molar-refractivity contribution is -0.137. The smallest absolute Gasteiger partial charge is 0.334 e. The third-order valence-electron chi connectivity index (χ3n) is 5.92. The molecule has 0 radical (unpaired) electrons. The first kappa shape index (κ1) is 24.1. The number of carboxylic acid groups (broad SMARTS) is 1. The number of nitrogens with one attached hydrogen (secondary N) is 3. The number of hydrazine groups is 1. The van der Waals surface area contributed by atoms with E-state index < -0.39 is 24.5 Å². The van der Waals surface area contributed by atoms with Gasteiger partial charge in [-0.15, -0.1) is 0 Å². The SMILES string of the molecule is CN(CC(=O)O)C(=O)c1ccc(NNC(=O)NC2c3ccccc3CCc3ccccc32)c(Cl)c1. The number of fused-ring (bicyclic) bond motifs is 2. The van der Waals surface area contributed by atoms with Crippen molar-refractivity contribution < 1.29 is 19.5 Å². The van der Waals surface area contributed by atoms with Crippen molar-refractivity contribution in [1.29, 1.82) is 0 Å². The van der Waals surface area contributed by atoms with Gasteiger partial charge in [-0.1, -0.05) is 60.1 Å². The molecule has 0 spiro atoms. The number of rotatable bonds is 6. The number of amides is 3. The number of carboxylic acids is 1. The van der Waals surface area contributed by atoms with E-state index in [1.807, 2.05) is 36.4 Å². The van der Waals surface area contributed by atoms with E-state index in [9.17, 15) is 14.4 Å². The number of aryl methyl sites for hydroxylation is 2. The number of hydrogen-bond acceptors (Lipinski definition) is 4. The van der Waals surface area contributed by atoms with Crippen molar-refractivity contribution in [1.82, 2.24) is 15.6 Å². The number of halogens is 1. The molecule has 0 fully saturated rings. The summed E-state index contributed by atoms with van der Waals surface area (Å²) in [6.45, 7) is -0.425. The molecule has 0 saturated heterocycles. The van der Waals surface area contributed by atoms with Gasteiger partial charge in [0, 0.05) is 12.6 Å². The van der Waals surface area contributed by atoms with Crippen molar-refractivity contribution in [2.24, 2.45) is 0 Å². The highest BCUT2D eigenvalue weighted by molar-refractivity contribution is 6.33. The van der Waals surface area contributed by atoms with Crippen molar-refractivity contribution >= 4 is 35.2 Å². The summed E-state index contributed by atoms with van der Waals surface area (Å²) in [4.78, 5) is 37.1. The Labute approximate surface area is 207 Å². The summed E-state index contributed by atoms with van der Waals surface area (Å²) in [5, 5.41) is 12.1. The molecule has 4 N–H and O–H groups in total. The van der Waals surface area contributed by atoms with Crippen molar-refractivity contribution in [3.05, 3.63) is 99.6 Å². The van der Waals surface area contributed by atoms with Crippen LogP contribution in [0.2, 0.25) is 5.02 Å². The van der Waals surface area contributed by atoms with Gasteiger partial charge >= 0.3 is 12.0 Å². The number of aliphatic carboxylic acids is 1. The molecule has 4 rings (SSSR count). The summed E-state index contributed by atoms with van der Waals surface area (Å²) < 4.78 is 0. The summed E-state index contributed by atoms with van der Waals surface area (Å²) in [5.41, 5.74) is 10.5. The molecular formula is C26H25ClN4O4. The van der Waals surface area contributed by atoms with Crippen LogP contribution in [0.3, 0.4) is 0 Å². The Bertz CT molecular complexity index is 1230. The Hall–Kier alpha value is -4.04. The van der Waals surface area contributed by atoms with Gasteiger partial charge < -0.3 is 15.3 Å². The molecule has 9 heteroatoms. The van der Waals surface area contributed by atoms with E-state index in [4.69, 9.17) is 16.7 Å². The maximum atomic E-state index is 12.9. The van der Waals surface area contributed by atoms with Crippen molar-refractivity contribution in [3.63, 3.8) is 0 Å². The van der Waals surface area contributed by atoms with E-state index in [0.717, 1.165) is 28.9 Å². The van der Waals surface area contributed by atoms with Crippen LogP contribution in [0.5, 0.6) is 0 Å². The molecule has 8 nitrogen and oxygen atoms in total. The first-order valence-electron chi connectivity index (χ1n) is 11.1. The fraction of sp³-hybridized carbons (Fsp3) is 0.192. The molecule has 180 valence electrons. The van der Waals surface area contributed by atoms with Crippen molar-refractivity contribution in [2.75, 3.05) is 19.0 Å². The number of carbonyl (C=O) groups is 3. The van der Waals surface area contributed by atoms with Crippen molar-refractivity contribution in [2.45, 2.75) is 18.9 Å². The van der Waals surface area contributed by atoms with Crippen LogP contribution in [0.4, 0.5) is 10.5 Å². The first-order chi connectivity index (χ1) is 16.8. The molecule has 0 atom stereocenters. The van der Waals surface area contributed by atoms with Gasteiger partial charge in [-0.2, -0.15) is 0 Å². The minimum absolute atomic E-state index is 0.199. The van der Waals surface area contributed by atoms with E-state index in [1.165, 1.54) is 30.3 Å². The van der Waals surface area contributed by atoms with Gasteiger partial charge in [0.2, 0.25) is 0 Å². The molecule has 35 heavy (non-hydrogen) atoms. The Morgan fingerprint density at radius 3 is 2.14 bits per heavy atom. The van der Waals surface area contributed by atoms with E-state index in [0.29, 0.717) is 5.69 Å². The lowest BCUT2D eigenvalue weighted by Crippen LogP contribution is -2.41. The molecule has 0 bridgehead atoms. The third kappa shape index (κ3) is 5.55. The Morgan fingerprint density at radius 2 is 1.57 bits per heavy atom. The second-order valence-corrected chi connectivity index (χ2v) is 8.71. The lowest BCUT2D eigenvalue weighted by atomic mass is 9.95. The van der Waals surface area contributed by atoms with Gasteiger partial charge in [0.05, 0.1) is 16.8 Å². The molecule has 0 heterocycles. The molecular weight excluding hydrogens is 468 g/mol. The summed E-state index contributed by atoms with van der Waals surface area (Å²) in [7, 11) is 1.40. The predicted molar refractivity (Wildman–Crippen MR) is 133 cm³/mol. The maximum absolute atomic E-state index is 12.9. The second kappa shape index (κ2) is 10.5. The first-order valence-corrected chi connectivity index (χ1v) is 11.5. The van der Waals surface area contributed by atoms with E-state index >= 15 is 0 Å². The highest BCUT2D eigenvalue weighted by Gasteiger charge is 2.25. The largest absolute Gasteiger partial charge is 0.480 e. The number of nitrogens with zero attached hydrogens (tertiary/aromatic N) is 1. The molecule has 1 aliphatic carbocycles. The van der Waals surface area contributed by atoms with Gasteiger partial charge in [-0.3, -0.25) is 20.4 Å². The average molecular weight is 493 g/mol. The van der Waals surface area contributed by atoms with Crippen molar-refractivity contribution in [3.8, 4) is 0 Å². The average Bonchev–Trinajstić information content (AvgIpc) is 2.99. The maximum Gasteiger partial charge on any atom is 0.334 e. The van der Waals surface area contributed by atoms with E-state index in [-0.39, 0.29) is 16.6 Å². The molecule has 3 aromatic rings. The van der Waals surface area contributed by atoms with Gasteiger partial charge in [-0.05, 0) is 53.3 Å². The zero-order chi connectivity index (χ0) is 24.9. The molecule has 0 saturated carbocycles. The zero-order valence-corrected chi connectivity index (χ0v) is 19.8. The molecule has 0 aromatic heterocycles. The van der Waals surface area contributed by atoms with Crippen LogP contribution >= 0.6 is 11.6 Å². The van der Waals surface area contributed by atoms with Crippen LogP contribution in [0.1, 0.15) is 38.7 Å². The van der Waals surface area contributed by atoms with Gasteiger partial charge in [0.15, 0.2) is 0 Å². The van der Waals surface area contributed by atoms with Crippen LogP contribution in [0, 0.1) is 0 Å². The number of hydrogen-bond donors (Lipinski definition) is 4. The molecule has 0 unspecified atom stereocenters. The molecule has 3 amide bonds. The highest BCUT2D eigenvalue weighted by atomic mass is 35.5. The van der Waals surface area contributed by atoms with E-state index in [1.54, 1.807) is 6.07 Å². The monoisotopic (exact) mass is 492 g/mol. The minimum Gasteiger partial charge on any atom is -0.480 e.